The molecule has 0 atom stereocenters. The summed E-state index contributed by atoms with van der Waals surface area (Å²) in [4.78, 5) is 17.0. The third-order valence-corrected chi connectivity index (χ3v) is 6.45. The molecule has 2 aromatic rings. The van der Waals surface area contributed by atoms with Crippen molar-refractivity contribution in [2.45, 2.75) is 25.2 Å². The van der Waals surface area contributed by atoms with Crippen LogP contribution < -0.4 is 15.4 Å². The maximum Gasteiger partial charge on any atom is 0.238 e. The van der Waals surface area contributed by atoms with Gasteiger partial charge in [0.25, 0.3) is 0 Å². The van der Waals surface area contributed by atoms with E-state index in [1.165, 1.54) is 12.1 Å². The fourth-order valence-corrected chi connectivity index (χ4v) is 4.27. The molecule has 1 aliphatic rings. The Morgan fingerprint density at radius 3 is 2.48 bits per heavy atom. The number of carbonyl (C=O) groups is 1. The van der Waals surface area contributed by atoms with E-state index in [2.05, 4.69) is 21.2 Å². The highest BCUT2D eigenvalue weighted by Gasteiger charge is 2.19. The number of primary sulfonamides is 1. The van der Waals surface area contributed by atoms with Gasteiger partial charge in [0.2, 0.25) is 15.9 Å². The number of nitrogens with one attached hydrogen (secondary N) is 1. The number of benzene rings is 2. The second-order valence-electron chi connectivity index (χ2n) is 7.78. The Morgan fingerprint density at radius 1 is 1.13 bits per heavy atom. The van der Waals surface area contributed by atoms with Gasteiger partial charge in [0.1, 0.15) is 0 Å². The number of hydrogen-bond donors (Lipinski definition) is 2. The molecule has 31 heavy (non-hydrogen) atoms. The lowest BCUT2D eigenvalue weighted by molar-refractivity contribution is -0.117. The molecule has 0 spiro atoms. The molecule has 1 saturated heterocycles. The summed E-state index contributed by atoms with van der Waals surface area (Å²) in [5, 5.41) is 17.0. The topological polar surface area (TPSA) is 120 Å². The van der Waals surface area contributed by atoms with Crippen LogP contribution in [0.2, 0.25) is 0 Å². The molecule has 1 aliphatic heterocycles. The number of hydrogen-bond acceptors (Lipinski definition) is 6. The number of nitriles is 1. The van der Waals surface area contributed by atoms with Crippen LogP contribution in [0.1, 0.15) is 23.1 Å². The SMILES string of the molecule is Cc1cc(S(N)(=O)=O)cc(NC(=O)CN2CCCN(c3ccc(C#N)cc3)CC2)c1C. The van der Waals surface area contributed by atoms with Crippen molar-refractivity contribution < 1.29 is 13.2 Å². The molecule has 2 aromatic carbocycles. The minimum atomic E-state index is -3.85. The number of nitrogens with two attached hydrogens (primary N) is 1. The lowest BCUT2D eigenvalue weighted by Gasteiger charge is -2.23. The fraction of sp³-hybridized carbons (Fsp3) is 0.364. The number of rotatable bonds is 5. The normalized spacial score (nSPS) is 15.2. The van der Waals surface area contributed by atoms with Gasteiger partial charge in [-0.25, -0.2) is 13.6 Å². The number of sulfonamides is 1. The highest BCUT2D eigenvalue weighted by Crippen LogP contribution is 2.24. The first-order chi connectivity index (χ1) is 14.7. The first-order valence-corrected chi connectivity index (χ1v) is 11.6. The summed E-state index contributed by atoms with van der Waals surface area (Å²) in [7, 11) is -3.85. The number of aryl methyl sites for hydroxylation is 1. The Kier molecular flexibility index (Phi) is 6.95. The van der Waals surface area contributed by atoms with E-state index >= 15 is 0 Å². The number of nitrogens with zero attached hydrogens (tertiary/aromatic N) is 3. The van der Waals surface area contributed by atoms with Crippen LogP contribution in [-0.2, 0) is 14.8 Å². The molecule has 164 valence electrons. The molecular formula is C22H27N5O3S. The van der Waals surface area contributed by atoms with E-state index in [9.17, 15) is 13.2 Å². The van der Waals surface area contributed by atoms with Crippen molar-refractivity contribution in [1.82, 2.24) is 4.90 Å². The van der Waals surface area contributed by atoms with Crippen molar-refractivity contribution in [2.24, 2.45) is 5.14 Å². The number of anilines is 2. The molecular weight excluding hydrogens is 414 g/mol. The minimum absolute atomic E-state index is 0.0151. The van der Waals surface area contributed by atoms with Gasteiger partial charge in [0.15, 0.2) is 0 Å². The molecule has 0 radical (unpaired) electrons. The van der Waals surface area contributed by atoms with Gasteiger partial charge in [-0.05, 0) is 67.8 Å². The molecule has 0 aromatic heterocycles. The van der Waals surface area contributed by atoms with Crippen molar-refractivity contribution in [2.75, 3.05) is 42.9 Å². The third kappa shape index (κ3) is 5.82. The summed E-state index contributed by atoms with van der Waals surface area (Å²) >= 11 is 0. The molecule has 0 unspecified atom stereocenters. The highest BCUT2D eigenvalue weighted by molar-refractivity contribution is 7.89. The number of amides is 1. The molecule has 0 bridgehead atoms. The van der Waals surface area contributed by atoms with Gasteiger partial charge in [-0.1, -0.05) is 0 Å². The summed E-state index contributed by atoms with van der Waals surface area (Å²) in [5.41, 5.74) is 3.71. The second kappa shape index (κ2) is 9.47. The average Bonchev–Trinajstić information content (AvgIpc) is 2.96. The standard InChI is InChI=1S/C22H27N5O3S/c1-16-12-20(31(24,29)30)13-21(17(16)2)25-22(28)15-26-8-3-9-27(11-10-26)19-6-4-18(14-23)5-7-19/h4-7,12-13H,3,8-11,15H2,1-2H3,(H,25,28)(H2,24,29,30). The van der Waals surface area contributed by atoms with Crippen molar-refractivity contribution in [3.8, 4) is 6.07 Å². The van der Waals surface area contributed by atoms with Gasteiger partial charge in [-0.15, -0.1) is 0 Å². The van der Waals surface area contributed by atoms with E-state index in [1.54, 1.807) is 6.92 Å². The summed E-state index contributed by atoms with van der Waals surface area (Å²) in [6, 6.07) is 12.6. The van der Waals surface area contributed by atoms with Gasteiger partial charge in [-0.3, -0.25) is 9.69 Å². The van der Waals surface area contributed by atoms with Crippen molar-refractivity contribution in [3.63, 3.8) is 0 Å². The van der Waals surface area contributed by atoms with Crippen LogP contribution in [0.15, 0.2) is 41.3 Å². The second-order valence-corrected chi connectivity index (χ2v) is 9.34. The van der Waals surface area contributed by atoms with Gasteiger partial charge in [0, 0.05) is 37.6 Å². The molecule has 1 heterocycles. The van der Waals surface area contributed by atoms with E-state index in [0.29, 0.717) is 11.3 Å². The van der Waals surface area contributed by atoms with E-state index in [1.807, 2.05) is 31.2 Å². The molecule has 8 nitrogen and oxygen atoms in total. The van der Waals surface area contributed by atoms with Gasteiger partial charge >= 0.3 is 0 Å². The van der Waals surface area contributed by atoms with Crippen LogP contribution in [0.4, 0.5) is 11.4 Å². The quantitative estimate of drug-likeness (QED) is 0.732. The molecule has 3 N–H and O–H groups in total. The van der Waals surface area contributed by atoms with Crippen LogP contribution in [-0.4, -0.2) is 51.9 Å². The van der Waals surface area contributed by atoms with Crippen LogP contribution in [0.5, 0.6) is 0 Å². The molecule has 1 fully saturated rings. The maximum atomic E-state index is 12.7. The first kappa shape index (κ1) is 22.7. The van der Waals surface area contributed by atoms with E-state index in [4.69, 9.17) is 10.4 Å². The van der Waals surface area contributed by atoms with E-state index in [0.717, 1.165) is 49.4 Å². The zero-order chi connectivity index (χ0) is 22.6. The molecule has 0 aliphatic carbocycles. The van der Waals surface area contributed by atoms with Crippen LogP contribution in [0.3, 0.4) is 0 Å². The monoisotopic (exact) mass is 441 g/mol. The zero-order valence-electron chi connectivity index (χ0n) is 17.8. The Bertz CT molecular complexity index is 1110. The van der Waals surface area contributed by atoms with Crippen molar-refractivity contribution >= 4 is 27.3 Å². The molecule has 3 rings (SSSR count). The van der Waals surface area contributed by atoms with Crippen LogP contribution >= 0.6 is 0 Å². The summed E-state index contributed by atoms with van der Waals surface area (Å²) in [6.07, 6.45) is 0.909. The minimum Gasteiger partial charge on any atom is -0.370 e. The van der Waals surface area contributed by atoms with Crippen LogP contribution in [0.25, 0.3) is 0 Å². The molecule has 0 saturated carbocycles. The Hall–Kier alpha value is -2.93. The number of carbonyl (C=O) groups excluding carboxylic acids is 1. The summed E-state index contributed by atoms with van der Waals surface area (Å²) in [6.45, 7) is 7.00. The Balaban J connectivity index is 1.62. The lowest BCUT2D eigenvalue weighted by atomic mass is 10.1. The van der Waals surface area contributed by atoms with Gasteiger partial charge < -0.3 is 10.2 Å². The van der Waals surface area contributed by atoms with E-state index < -0.39 is 10.0 Å². The van der Waals surface area contributed by atoms with Crippen molar-refractivity contribution in [3.05, 3.63) is 53.1 Å². The smallest absolute Gasteiger partial charge is 0.238 e. The largest absolute Gasteiger partial charge is 0.370 e. The highest BCUT2D eigenvalue weighted by atomic mass is 32.2. The Labute approximate surface area is 183 Å². The zero-order valence-corrected chi connectivity index (χ0v) is 18.6. The van der Waals surface area contributed by atoms with Gasteiger partial charge in [0.05, 0.1) is 23.1 Å². The lowest BCUT2D eigenvalue weighted by Crippen LogP contribution is -2.36. The molecule has 1 amide bonds. The predicted octanol–water partition coefficient (Wildman–Crippen LogP) is 1.97. The Morgan fingerprint density at radius 2 is 1.84 bits per heavy atom. The molecule has 9 heteroatoms. The van der Waals surface area contributed by atoms with Crippen LogP contribution in [0, 0.1) is 25.2 Å². The van der Waals surface area contributed by atoms with Crippen molar-refractivity contribution in [1.29, 1.82) is 5.26 Å². The first-order valence-electron chi connectivity index (χ1n) is 10.1. The maximum absolute atomic E-state index is 12.7. The van der Waals surface area contributed by atoms with E-state index in [-0.39, 0.29) is 17.3 Å². The van der Waals surface area contributed by atoms with Gasteiger partial charge in [-0.2, -0.15) is 5.26 Å². The third-order valence-electron chi connectivity index (χ3n) is 5.56. The predicted molar refractivity (Wildman–Crippen MR) is 120 cm³/mol. The average molecular weight is 442 g/mol. The fourth-order valence-electron chi connectivity index (χ4n) is 3.65. The summed E-state index contributed by atoms with van der Waals surface area (Å²) in [5.74, 6) is -0.194. The summed E-state index contributed by atoms with van der Waals surface area (Å²) < 4.78 is 23.4.